The molecular weight excluding hydrogens is 554 g/mol. The minimum absolute atomic E-state index is 0.0408. The fourth-order valence-corrected chi connectivity index (χ4v) is 6.71. The minimum Gasteiger partial charge on any atom is -0.502 e. The number of thioether (sulfide) groups is 1. The summed E-state index contributed by atoms with van der Waals surface area (Å²) in [5.74, 6) is -3.07. The molecule has 1 amide bonds. The van der Waals surface area contributed by atoms with Crippen LogP contribution < -0.4 is 10.4 Å². The molecule has 1 aromatic heterocycles. The zero-order valence-electron chi connectivity index (χ0n) is 21.5. The van der Waals surface area contributed by atoms with E-state index in [0.29, 0.717) is 17.8 Å². The van der Waals surface area contributed by atoms with Crippen LogP contribution in [0, 0.1) is 22.5 Å². The molecule has 0 radical (unpaired) electrons. The predicted molar refractivity (Wildman–Crippen MR) is 144 cm³/mol. The Balaban J connectivity index is 1.67. The Labute approximate surface area is 228 Å². The first kappa shape index (κ1) is 28.7. The van der Waals surface area contributed by atoms with Gasteiger partial charge < -0.3 is 10.0 Å². The summed E-state index contributed by atoms with van der Waals surface area (Å²) in [5.41, 5.74) is -2.45. The molecule has 2 aliphatic rings. The second kappa shape index (κ2) is 10.4. The number of piperidine rings is 1. The van der Waals surface area contributed by atoms with Crippen LogP contribution in [0.2, 0.25) is 0 Å². The summed E-state index contributed by atoms with van der Waals surface area (Å²) < 4.78 is 54.0. The SMILES string of the molecule is CCN1C(=O)c2c(O)c(=O)c(C(=N)SC(=N)Cc3ccc(F)cc3F)cn2N(C)C12CCN(S(C)(=O)=O)CC2. The Morgan fingerprint density at radius 2 is 1.82 bits per heavy atom. The molecule has 4 rings (SSSR count). The Morgan fingerprint density at radius 3 is 2.38 bits per heavy atom. The Morgan fingerprint density at radius 1 is 1.18 bits per heavy atom. The number of rotatable bonds is 5. The molecule has 3 N–H and O–H groups in total. The Bertz CT molecular complexity index is 1540. The first-order valence-electron chi connectivity index (χ1n) is 12.0. The number of sulfonamides is 1. The molecule has 0 saturated carbocycles. The van der Waals surface area contributed by atoms with E-state index in [0.717, 1.165) is 12.3 Å². The average molecular weight is 583 g/mol. The van der Waals surface area contributed by atoms with Gasteiger partial charge in [-0.1, -0.05) is 17.8 Å². The van der Waals surface area contributed by atoms with Crippen LogP contribution in [0.1, 0.15) is 41.4 Å². The van der Waals surface area contributed by atoms with Crippen molar-refractivity contribution in [1.82, 2.24) is 13.9 Å². The summed E-state index contributed by atoms with van der Waals surface area (Å²) in [6.07, 6.45) is 2.64. The normalized spacial score (nSPS) is 17.4. The highest BCUT2D eigenvalue weighted by Crippen LogP contribution is 2.38. The lowest BCUT2D eigenvalue weighted by Crippen LogP contribution is -2.72. The van der Waals surface area contributed by atoms with Crippen LogP contribution in [0.4, 0.5) is 8.78 Å². The number of nitrogens with one attached hydrogen (secondary N) is 2. The number of amides is 1. The van der Waals surface area contributed by atoms with Crippen molar-refractivity contribution in [1.29, 1.82) is 10.8 Å². The summed E-state index contributed by atoms with van der Waals surface area (Å²) in [5, 5.41) is 28.5. The monoisotopic (exact) mass is 582 g/mol. The molecule has 3 heterocycles. The standard InChI is InChI=1S/C24H28F2N6O5S2/c1-4-31-23(35)19-21(34)20(33)16(22(28)38-18(27)11-14-5-6-15(25)12-17(14)26)13-32(19)29(2)24(31)7-9-30(10-8-24)39(3,36)37/h5-6,12-13,27-28,34H,4,7-11H2,1-3H3. The number of carbonyl (C=O) groups is 1. The van der Waals surface area contributed by atoms with Crippen molar-refractivity contribution in [2.24, 2.45) is 0 Å². The summed E-state index contributed by atoms with van der Waals surface area (Å²) in [4.78, 5) is 28.1. The van der Waals surface area contributed by atoms with Crippen molar-refractivity contribution in [2.45, 2.75) is 31.8 Å². The second-order valence-corrected chi connectivity index (χ2v) is 12.5. The largest absolute Gasteiger partial charge is 0.502 e. The summed E-state index contributed by atoms with van der Waals surface area (Å²) in [6.45, 7) is 2.30. The van der Waals surface area contributed by atoms with Gasteiger partial charge in [-0.2, -0.15) is 0 Å². The third kappa shape index (κ3) is 5.05. The van der Waals surface area contributed by atoms with E-state index < -0.39 is 49.4 Å². The maximum absolute atomic E-state index is 14.0. The number of hydrogen-bond acceptors (Lipinski definition) is 9. The second-order valence-electron chi connectivity index (χ2n) is 9.40. The van der Waals surface area contributed by atoms with Crippen LogP contribution in [-0.2, 0) is 16.4 Å². The topological polar surface area (TPSA) is 151 Å². The van der Waals surface area contributed by atoms with Gasteiger partial charge in [0.2, 0.25) is 15.5 Å². The molecule has 2 aromatic rings. The van der Waals surface area contributed by atoms with Gasteiger partial charge in [-0.05, 0) is 18.6 Å². The van der Waals surface area contributed by atoms with E-state index in [9.17, 15) is 31.9 Å². The lowest BCUT2D eigenvalue weighted by Gasteiger charge is -2.56. The van der Waals surface area contributed by atoms with Crippen molar-refractivity contribution in [3.63, 3.8) is 0 Å². The van der Waals surface area contributed by atoms with Gasteiger partial charge in [0.1, 0.15) is 22.3 Å². The number of aromatic nitrogens is 1. The quantitative estimate of drug-likeness (QED) is 0.360. The number of nitrogens with zero attached hydrogens (tertiary/aromatic N) is 4. The number of pyridine rings is 1. The van der Waals surface area contributed by atoms with E-state index in [1.165, 1.54) is 26.1 Å². The van der Waals surface area contributed by atoms with Crippen LogP contribution >= 0.6 is 11.8 Å². The molecule has 0 unspecified atom stereocenters. The van der Waals surface area contributed by atoms with Crippen molar-refractivity contribution in [3.05, 3.63) is 63.1 Å². The van der Waals surface area contributed by atoms with Gasteiger partial charge in [-0.3, -0.25) is 30.1 Å². The predicted octanol–water partition coefficient (Wildman–Crippen LogP) is 1.91. The van der Waals surface area contributed by atoms with Crippen LogP contribution in [0.5, 0.6) is 5.75 Å². The van der Waals surface area contributed by atoms with Crippen molar-refractivity contribution in [3.8, 4) is 5.75 Å². The van der Waals surface area contributed by atoms with E-state index in [2.05, 4.69) is 0 Å². The minimum atomic E-state index is -3.44. The van der Waals surface area contributed by atoms with Gasteiger partial charge in [-0.15, -0.1) is 0 Å². The molecule has 0 atom stereocenters. The van der Waals surface area contributed by atoms with Gasteiger partial charge >= 0.3 is 0 Å². The molecule has 1 fully saturated rings. The maximum Gasteiger partial charge on any atom is 0.278 e. The molecule has 1 spiro atoms. The molecule has 39 heavy (non-hydrogen) atoms. The fraction of sp³-hybridized carbons (Fsp3) is 0.417. The highest BCUT2D eigenvalue weighted by molar-refractivity contribution is 8.26. The molecule has 1 saturated heterocycles. The Kier molecular flexibility index (Phi) is 7.62. The van der Waals surface area contributed by atoms with Gasteiger partial charge in [0, 0.05) is 58.2 Å². The third-order valence-corrected chi connectivity index (χ3v) is 9.30. The van der Waals surface area contributed by atoms with Crippen molar-refractivity contribution in [2.75, 3.05) is 37.9 Å². The number of halogens is 2. The van der Waals surface area contributed by atoms with Gasteiger partial charge in [0.25, 0.3) is 5.91 Å². The lowest BCUT2D eigenvalue weighted by atomic mass is 9.93. The Hall–Kier alpha value is -3.30. The van der Waals surface area contributed by atoms with Gasteiger partial charge in [-0.25, -0.2) is 21.5 Å². The molecule has 2 aliphatic heterocycles. The molecule has 0 aliphatic carbocycles. The van der Waals surface area contributed by atoms with Crippen molar-refractivity contribution < 1.29 is 27.1 Å². The first-order chi connectivity index (χ1) is 18.2. The van der Waals surface area contributed by atoms with Crippen LogP contribution in [-0.4, -0.2) is 82.0 Å². The van der Waals surface area contributed by atoms with E-state index in [-0.39, 0.29) is 60.8 Å². The zero-order chi connectivity index (χ0) is 28.9. The highest BCUT2D eigenvalue weighted by atomic mass is 32.2. The number of hydrogen-bond donors (Lipinski definition) is 3. The molecule has 1 aromatic carbocycles. The number of fused-ring (bicyclic) bond motifs is 1. The molecular formula is C24H28F2N6O5S2. The van der Waals surface area contributed by atoms with E-state index in [1.807, 2.05) is 0 Å². The summed E-state index contributed by atoms with van der Waals surface area (Å²) in [7, 11) is -1.78. The molecule has 11 nitrogen and oxygen atoms in total. The van der Waals surface area contributed by atoms with Crippen molar-refractivity contribution >= 4 is 37.8 Å². The van der Waals surface area contributed by atoms with E-state index in [1.54, 1.807) is 19.0 Å². The third-order valence-electron chi connectivity index (χ3n) is 7.18. The van der Waals surface area contributed by atoms with E-state index >= 15 is 0 Å². The van der Waals surface area contributed by atoms with Gasteiger partial charge in [0.05, 0.1) is 16.9 Å². The fourth-order valence-electron chi connectivity index (χ4n) is 5.14. The number of aromatic hydroxyl groups is 1. The molecule has 15 heteroatoms. The average Bonchev–Trinajstić information content (AvgIpc) is 2.86. The highest BCUT2D eigenvalue weighted by Gasteiger charge is 2.51. The zero-order valence-corrected chi connectivity index (χ0v) is 23.1. The number of benzene rings is 1. The van der Waals surface area contributed by atoms with Gasteiger partial charge in [0.15, 0.2) is 11.4 Å². The van der Waals surface area contributed by atoms with Crippen LogP contribution in [0.15, 0.2) is 29.2 Å². The lowest BCUT2D eigenvalue weighted by molar-refractivity contribution is 0.00985. The van der Waals surface area contributed by atoms with Crippen LogP contribution in [0.3, 0.4) is 0 Å². The summed E-state index contributed by atoms with van der Waals surface area (Å²) in [6, 6.07) is 2.94. The smallest absolute Gasteiger partial charge is 0.278 e. The molecule has 0 bridgehead atoms. The maximum atomic E-state index is 14.0. The number of carbonyl (C=O) groups excluding carboxylic acids is 1. The first-order valence-corrected chi connectivity index (χ1v) is 14.7. The van der Waals surface area contributed by atoms with E-state index in [4.69, 9.17) is 10.8 Å². The summed E-state index contributed by atoms with van der Waals surface area (Å²) >= 11 is 0.566. The van der Waals surface area contributed by atoms with Crippen LogP contribution in [0.25, 0.3) is 0 Å². The molecule has 210 valence electrons.